The number of pyridine rings is 1. The van der Waals surface area contributed by atoms with Gasteiger partial charge in [-0.2, -0.15) is 4.98 Å². The van der Waals surface area contributed by atoms with Gasteiger partial charge in [0.25, 0.3) is 11.9 Å². The van der Waals surface area contributed by atoms with Gasteiger partial charge in [0.15, 0.2) is 0 Å². The van der Waals surface area contributed by atoms with Gasteiger partial charge in [-0.1, -0.05) is 22.0 Å². The zero-order valence-corrected chi connectivity index (χ0v) is 23.1. The minimum Gasteiger partial charge on any atom is -0.389 e. The molecule has 0 saturated carbocycles. The van der Waals surface area contributed by atoms with Crippen LogP contribution in [0.3, 0.4) is 0 Å². The van der Waals surface area contributed by atoms with Gasteiger partial charge in [0, 0.05) is 47.6 Å². The Labute approximate surface area is 228 Å². The maximum absolute atomic E-state index is 13.1. The Morgan fingerprint density at radius 2 is 1.82 bits per heavy atom. The number of nitrogens with one attached hydrogen (secondary N) is 2. The molecule has 2 aromatic carbocycles. The van der Waals surface area contributed by atoms with Crippen LogP contribution in [0, 0.1) is 6.92 Å². The first-order valence-electron chi connectivity index (χ1n) is 12.0. The van der Waals surface area contributed by atoms with Crippen molar-refractivity contribution in [2.75, 3.05) is 24.2 Å². The molecule has 38 heavy (non-hydrogen) atoms. The van der Waals surface area contributed by atoms with Crippen molar-refractivity contribution in [3.63, 3.8) is 0 Å². The Morgan fingerprint density at radius 3 is 2.50 bits per heavy atom. The van der Waals surface area contributed by atoms with Crippen molar-refractivity contribution in [1.29, 1.82) is 0 Å². The molecule has 9 nitrogen and oxygen atoms in total. The highest BCUT2D eigenvalue weighted by atomic mass is 79.9. The molecule has 196 valence electrons. The van der Waals surface area contributed by atoms with E-state index in [9.17, 15) is 14.4 Å². The maximum atomic E-state index is 13.1. The molecule has 0 aliphatic rings. The maximum Gasteiger partial charge on any atom is 0.348 e. The van der Waals surface area contributed by atoms with E-state index < -0.39 is 11.2 Å². The van der Waals surface area contributed by atoms with Crippen LogP contribution in [0.25, 0.3) is 10.9 Å². The van der Waals surface area contributed by atoms with Crippen molar-refractivity contribution >= 4 is 50.3 Å². The number of carbonyl (C=O) groups is 2. The van der Waals surface area contributed by atoms with Crippen molar-refractivity contribution < 1.29 is 14.0 Å². The molecule has 0 unspecified atom stereocenters. The molecular weight excluding hydrogens is 550 g/mol. The molecule has 0 bridgehead atoms. The predicted molar refractivity (Wildman–Crippen MR) is 150 cm³/mol. The Bertz CT molecular complexity index is 1540. The minimum absolute atomic E-state index is 0.0648. The van der Waals surface area contributed by atoms with E-state index in [-0.39, 0.29) is 23.2 Å². The van der Waals surface area contributed by atoms with Gasteiger partial charge in [-0.25, -0.2) is 4.79 Å². The molecular formula is C28H28BrN5O4. The molecule has 2 heterocycles. The number of carbonyl (C=O) groups excluding carboxylic acids is 2. The second-order valence-electron chi connectivity index (χ2n) is 9.45. The fourth-order valence-corrected chi connectivity index (χ4v) is 4.30. The van der Waals surface area contributed by atoms with Crippen LogP contribution in [0.1, 0.15) is 35.5 Å². The van der Waals surface area contributed by atoms with E-state index in [0.29, 0.717) is 35.3 Å². The van der Waals surface area contributed by atoms with Crippen molar-refractivity contribution in [2.45, 2.75) is 32.7 Å². The Kier molecular flexibility index (Phi) is 7.91. The zero-order valence-electron chi connectivity index (χ0n) is 21.5. The molecule has 2 aromatic heterocycles. The number of hydrogen-bond acceptors (Lipinski definition) is 7. The number of aromatic nitrogens is 2. The first-order chi connectivity index (χ1) is 18.0. The van der Waals surface area contributed by atoms with Crippen LogP contribution in [-0.2, 0) is 11.2 Å². The summed E-state index contributed by atoms with van der Waals surface area (Å²) in [6, 6.07) is 15.9. The van der Waals surface area contributed by atoms with Gasteiger partial charge in [-0.15, -0.1) is 0 Å². The number of aryl methyl sites for hydroxylation is 1. The van der Waals surface area contributed by atoms with Gasteiger partial charge in [0.2, 0.25) is 5.91 Å². The van der Waals surface area contributed by atoms with E-state index in [0.717, 1.165) is 10.2 Å². The topological polar surface area (TPSA) is 117 Å². The molecule has 0 atom stereocenters. The number of amides is 2. The lowest BCUT2D eigenvalue weighted by molar-refractivity contribution is -0.133. The number of fused-ring (bicyclic) bond motifs is 1. The number of likely N-dealkylation sites (N-methyl/N-ethyl adjacent to an activating group) is 1. The smallest absolute Gasteiger partial charge is 0.348 e. The van der Waals surface area contributed by atoms with E-state index in [1.54, 1.807) is 75.3 Å². The second-order valence-corrected chi connectivity index (χ2v) is 10.4. The predicted octanol–water partition coefficient (Wildman–Crippen LogP) is 4.80. The Balaban J connectivity index is 1.50. The average Bonchev–Trinajstić information content (AvgIpc) is 2.89. The SMILES string of the molecule is Cc1c(NC(=O)c2ccc(Br)cc2)ccc2nc(NC(C)(C)C(=O)N(C)CCc3ccccn3)oc(=O)c12. The van der Waals surface area contributed by atoms with E-state index in [1.807, 2.05) is 18.2 Å². The third kappa shape index (κ3) is 6.08. The molecule has 0 aliphatic carbocycles. The fourth-order valence-electron chi connectivity index (χ4n) is 4.03. The average molecular weight is 578 g/mol. The van der Waals surface area contributed by atoms with Crippen LogP contribution >= 0.6 is 15.9 Å². The van der Waals surface area contributed by atoms with Gasteiger partial charge in [0.05, 0.1) is 10.9 Å². The number of halogens is 1. The van der Waals surface area contributed by atoms with E-state index in [4.69, 9.17) is 4.42 Å². The lowest BCUT2D eigenvalue weighted by Crippen LogP contribution is -2.49. The van der Waals surface area contributed by atoms with Gasteiger partial charge in [-0.05, 0) is 74.9 Å². The zero-order chi connectivity index (χ0) is 27.4. The summed E-state index contributed by atoms with van der Waals surface area (Å²) in [5.41, 5.74) is 1.05. The third-order valence-electron chi connectivity index (χ3n) is 6.14. The monoisotopic (exact) mass is 577 g/mol. The summed E-state index contributed by atoms with van der Waals surface area (Å²) in [6.07, 6.45) is 2.33. The molecule has 2 N–H and O–H groups in total. The first kappa shape index (κ1) is 27.0. The lowest BCUT2D eigenvalue weighted by atomic mass is 10.0. The number of benzene rings is 2. The molecule has 0 radical (unpaired) electrons. The summed E-state index contributed by atoms with van der Waals surface area (Å²) in [6.45, 7) is 5.59. The van der Waals surface area contributed by atoms with Crippen molar-refractivity contribution in [2.24, 2.45) is 0 Å². The van der Waals surface area contributed by atoms with E-state index in [1.165, 1.54) is 0 Å². The Hall–Kier alpha value is -4.05. The van der Waals surface area contributed by atoms with Crippen LogP contribution in [0.4, 0.5) is 11.7 Å². The van der Waals surface area contributed by atoms with Gasteiger partial charge in [0.1, 0.15) is 5.54 Å². The molecule has 4 aromatic rings. The van der Waals surface area contributed by atoms with Crippen LogP contribution in [0.2, 0.25) is 0 Å². The molecule has 10 heteroatoms. The number of anilines is 2. The quantitative estimate of drug-likeness (QED) is 0.309. The van der Waals surface area contributed by atoms with E-state index >= 15 is 0 Å². The molecule has 4 rings (SSSR count). The van der Waals surface area contributed by atoms with Crippen molar-refractivity contribution in [3.05, 3.63) is 92.5 Å². The normalized spacial score (nSPS) is 11.3. The van der Waals surface area contributed by atoms with Crippen molar-refractivity contribution in [3.8, 4) is 0 Å². The summed E-state index contributed by atoms with van der Waals surface area (Å²) in [5.74, 6) is -0.497. The number of rotatable bonds is 8. The molecule has 0 aliphatic heterocycles. The largest absolute Gasteiger partial charge is 0.389 e. The summed E-state index contributed by atoms with van der Waals surface area (Å²) in [5, 5.41) is 6.05. The molecule has 0 saturated heterocycles. The summed E-state index contributed by atoms with van der Waals surface area (Å²) in [7, 11) is 1.71. The van der Waals surface area contributed by atoms with Gasteiger partial charge < -0.3 is 20.0 Å². The molecule has 0 fully saturated rings. The highest BCUT2D eigenvalue weighted by Gasteiger charge is 2.32. The van der Waals surface area contributed by atoms with Crippen molar-refractivity contribution in [1.82, 2.24) is 14.9 Å². The van der Waals surface area contributed by atoms with Crippen LogP contribution in [0.5, 0.6) is 0 Å². The lowest BCUT2D eigenvalue weighted by Gasteiger charge is -2.30. The van der Waals surface area contributed by atoms with Crippen LogP contribution in [-0.4, -0.2) is 45.8 Å². The first-order valence-corrected chi connectivity index (χ1v) is 12.8. The standard InChI is InChI=1S/C28H28BrN5O4/c1-17-21(31-24(35)18-8-10-19(29)11-9-18)12-13-22-23(17)25(36)38-27(32-22)33-28(2,3)26(37)34(4)16-14-20-7-5-6-15-30-20/h5-13,15H,14,16H2,1-4H3,(H,31,35)(H,32,33). The van der Waals surface area contributed by atoms with Gasteiger partial charge in [-0.3, -0.25) is 14.6 Å². The highest BCUT2D eigenvalue weighted by molar-refractivity contribution is 9.10. The molecule has 2 amide bonds. The number of hydrogen-bond donors (Lipinski definition) is 2. The molecule has 0 spiro atoms. The number of nitrogens with zero attached hydrogens (tertiary/aromatic N) is 3. The van der Waals surface area contributed by atoms with Crippen LogP contribution in [0.15, 0.2) is 74.5 Å². The highest BCUT2D eigenvalue weighted by Crippen LogP contribution is 2.25. The summed E-state index contributed by atoms with van der Waals surface area (Å²) in [4.78, 5) is 49.1. The van der Waals surface area contributed by atoms with Gasteiger partial charge >= 0.3 is 5.63 Å². The summed E-state index contributed by atoms with van der Waals surface area (Å²) >= 11 is 3.35. The third-order valence-corrected chi connectivity index (χ3v) is 6.67. The van der Waals surface area contributed by atoms with E-state index in [2.05, 4.69) is 36.5 Å². The van der Waals surface area contributed by atoms with Crippen LogP contribution < -0.4 is 16.3 Å². The summed E-state index contributed by atoms with van der Waals surface area (Å²) < 4.78 is 6.31. The minimum atomic E-state index is -1.09. The Morgan fingerprint density at radius 1 is 1.08 bits per heavy atom. The fraction of sp³-hybridized carbons (Fsp3) is 0.250. The second kappa shape index (κ2) is 11.1.